The van der Waals surface area contributed by atoms with Gasteiger partial charge in [-0.3, -0.25) is 4.68 Å². The molecule has 0 fully saturated rings. The SMILES string of the molecule is CCC(CC#N)n1nc(C)c(Cl)c1C. The van der Waals surface area contributed by atoms with Crippen molar-refractivity contribution in [1.29, 1.82) is 5.26 Å². The van der Waals surface area contributed by atoms with E-state index in [2.05, 4.69) is 11.2 Å². The van der Waals surface area contributed by atoms with Crippen LogP contribution in [0.2, 0.25) is 5.02 Å². The molecular weight excluding hydrogens is 198 g/mol. The maximum atomic E-state index is 8.67. The first-order valence-electron chi connectivity index (χ1n) is 4.70. The van der Waals surface area contributed by atoms with E-state index in [4.69, 9.17) is 16.9 Å². The Balaban J connectivity index is 3.05. The Kier molecular flexibility index (Phi) is 3.54. The summed E-state index contributed by atoms with van der Waals surface area (Å²) in [4.78, 5) is 0. The van der Waals surface area contributed by atoms with Gasteiger partial charge >= 0.3 is 0 Å². The molecule has 0 bridgehead atoms. The summed E-state index contributed by atoms with van der Waals surface area (Å²) in [5.74, 6) is 0. The number of nitrogens with zero attached hydrogens (tertiary/aromatic N) is 3. The molecule has 14 heavy (non-hydrogen) atoms. The summed E-state index contributed by atoms with van der Waals surface area (Å²) in [6.45, 7) is 5.86. The summed E-state index contributed by atoms with van der Waals surface area (Å²) in [6.07, 6.45) is 1.38. The molecule has 0 spiro atoms. The van der Waals surface area contributed by atoms with Crippen LogP contribution in [0.3, 0.4) is 0 Å². The van der Waals surface area contributed by atoms with E-state index in [-0.39, 0.29) is 6.04 Å². The van der Waals surface area contributed by atoms with Gasteiger partial charge in [0.25, 0.3) is 0 Å². The van der Waals surface area contributed by atoms with Gasteiger partial charge in [-0.25, -0.2) is 0 Å². The van der Waals surface area contributed by atoms with Crippen molar-refractivity contribution in [2.24, 2.45) is 0 Å². The van der Waals surface area contributed by atoms with Crippen LogP contribution in [0.1, 0.15) is 37.2 Å². The molecule has 0 N–H and O–H groups in total. The third-order valence-electron chi connectivity index (χ3n) is 2.38. The van der Waals surface area contributed by atoms with Crippen LogP contribution in [-0.4, -0.2) is 9.78 Å². The molecule has 76 valence electrons. The summed E-state index contributed by atoms with van der Waals surface area (Å²) < 4.78 is 1.86. The van der Waals surface area contributed by atoms with E-state index < -0.39 is 0 Å². The minimum absolute atomic E-state index is 0.145. The van der Waals surface area contributed by atoms with Gasteiger partial charge in [0.1, 0.15) is 0 Å². The summed E-state index contributed by atoms with van der Waals surface area (Å²) >= 11 is 6.03. The third kappa shape index (κ3) is 1.91. The lowest BCUT2D eigenvalue weighted by Gasteiger charge is -2.13. The van der Waals surface area contributed by atoms with Gasteiger partial charge in [-0.1, -0.05) is 18.5 Å². The minimum atomic E-state index is 0.145. The average molecular weight is 212 g/mol. The van der Waals surface area contributed by atoms with E-state index in [9.17, 15) is 0 Å². The second-order valence-corrected chi connectivity index (χ2v) is 3.73. The molecule has 1 atom stereocenters. The summed E-state index contributed by atoms with van der Waals surface area (Å²) in [5.41, 5.74) is 1.78. The second-order valence-electron chi connectivity index (χ2n) is 3.35. The zero-order valence-electron chi connectivity index (χ0n) is 8.71. The van der Waals surface area contributed by atoms with Crippen LogP contribution in [0.5, 0.6) is 0 Å². The largest absolute Gasteiger partial charge is 0.264 e. The number of rotatable bonds is 3. The molecule has 3 nitrogen and oxygen atoms in total. The van der Waals surface area contributed by atoms with Crippen molar-refractivity contribution in [2.45, 2.75) is 39.7 Å². The molecule has 0 aliphatic carbocycles. The highest BCUT2D eigenvalue weighted by Crippen LogP contribution is 2.24. The maximum absolute atomic E-state index is 8.67. The Morgan fingerprint density at radius 1 is 1.57 bits per heavy atom. The molecule has 1 aromatic heterocycles. The molecule has 0 aliphatic rings. The Morgan fingerprint density at radius 3 is 2.57 bits per heavy atom. The predicted molar refractivity (Wildman–Crippen MR) is 56.3 cm³/mol. The lowest BCUT2D eigenvalue weighted by Crippen LogP contribution is -2.10. The highest BCUT2D eigenvalue weighted by atomic mass is 35.5. The zero-order chi connectivity index (χ0) is 10.7. The highest BCUT2D eigenvalue weighted by molar-refractivity contribution is 6.31. The molecule has 1 unspecified atom stereocenters. The number of halogens is 1. The van der Waals surface area contributed by atoms with Gasteiger partial charge in [0.15, 0.2) is 0 Å². The quantitative estimate of drug-likeness (QED) is 0.771. The molecule has 0 amide bonds. The fourth-order valence-electron chi connectivity index (χ4n) is 1.51. The van der Waals surface area contributed by atoms with E-state index in [1.165, 1.54) is 0 Å². The highest BCUT2D eigenvalue weighted by Gasteiger charge is 2.15. The van der Waals surface area contributed by atoms with Gasteiger partial charge < -0.3 is 0 Å². The Hall–Kier alpha value is -1.01. The van der Waals surface area contributed by atoms with Crippen molar-refractivity contribution in [3.05, 3.63) is 16.4 Å². The molecule has 1 aromatic rings. The first-order chi connectivity index (χ1) is 6.61. The lowest BCUT2D eigenvalue weighted by atomic mass is 10.1. The molecule has 1 rings (SSSR count). The standard InChI is InChI=1S/C10H14ClN3/c1-4-9(5-6-12)14-8(3)10(11)7(2)13-14/h9H,4-5H2,1-3H3. The minimum Gasteiger partial charge on any atom is -0.264 e. The van der Waals surface area contributed by atoms with Crippen molar-refractivity contribution in [2.75, 3.05) is 0 Å². The normalized spacial score (nSPS) is 12.5. The van der Waals surface area contributed by atoms with E-state index in [0.29, 0.717) is 11.4 Å². The topological polar surface area (TPSA) is 41.6 Å². The van der Waals surface area contributed by atoms with E-state index in [1.54, 1.807) is 0 Å². The van der Waals surface area contributed by atoms with Crippen LogP contribution in [0, 0.1) is 25.2 Å². The predicted octanol–water partition coefficient (Wildman–Crippen LogP) is 3.02. The zero-order valence-corrected chi connectivity index (χ0v) is 9.47. The van der Waals surface area contributed by atoms with Crippen molar-refractivity contribution in [1.82, 2.24) is 9.78 Å². The Labute approximate surface area is 89.3 Å². The third-order valence-corrected chi connectivity index (χ3v) is 2.93. The molecule has 0 aromatic carbocycles. The molecular formula is C10H14ClN3. The Morgan fingerprint density at radius 2 is 2.21 bits per heavy atom. The van der Waals surface area contributed by atoms with E-state index >= 15 is 0 Å². The van der Waals surface area contributed by atoms with Crippen LogP contribution >= 0.6 is 11.6 Å². The lowest BCUT2D eigenvalue weighted by molar-refractivity contribution is 0.437. The molecule has 0 saturated carbocycles. The van der Waals surface area contributed by atoms with Crippen molar-refractivity contribution >= 4 is 11.6 Å². The molecule has 0 aliphatic heterocycles. The Bertz CT molecular complexity index is 362. The van der Waals surface area contributed by atoms with Gasteiger partial charge in [0.05, 0.1) is 34.9 Å². The fraction of sp³-hybridized carbons (Fsp3) is 0.600. The second kappa shape index (κ2) is 4.47. The smallest absolute Gasteiger partial charge is 0.0844 e. The first kappa shape index (κ1) is 11.1. The maximum Gasteiger partial charge on any atom is 0.0844 e. The van der Waals surface area contributed by atoms with Crippen LogP contribution in [-0.2, 0) is 0 Å². The van der Waals surface area contributed by atoms with Gasteiger partial charge in [-0.2, -0.15) is 10.4 Å². The number of hydrogen-bond acceptors (Lipinski definition) is 2. The van der Waals surface area contributed by atoms with Crippen LogP contribution in [0.15, 0.2) is 0 Å². The number of hydrogen-bond donors (Lipinski definition) is 0. The monoisotopic (exact) mass is 211 g/mol. The summed E-state index contributed by atoms with van der Waals surface area (Å²) in [5, 5.41) is 13.7. The van der Waals surface area contributed by atoms with Gasteiger partial charge in [0.2, 0.25) is 0 Å². The van der Waals surface area contributed by atoms with Crippen LogP contribution in [0.4, 0.5) is 0 Å². The summed E-state index contributed by atoms with van der Waals surface area (Å²) in [6, 6.07) is 2.31. The number of aryl methyl sites for hydroxylation is 1. The van der Waals surface area contributed by atoms with Crippen LogP contribution < -0.4 is 0 Å². The van der Waals surface area contributed by atoms with Crippen molar-refractivity contribution in [3.63, 3.8) is 0 Å². The number of aromatic nitrogens is 2. The van der Waals surface area contributed by atoms with Crippen molar-refractivity contribution < 1.29 is 0 Å². The average Bonchev–Trinajstić information content (AvgIpc) is 2.42. The van der Waals surface area contributed by atoms with Crippen molar-refractivity contribution in [3.8, 4) is 6.07 Å². The summed E-state index contributed by atoms with van der Waals surface area (Å²) in [7, 11) is 0. The number of nitriles is 1. The van der Waals surface area contributed by atoms with Gasteiger partial charge in [-0.05, 0) is 20.3 Å². The molecule has 1 heterocycles. The molecule has 0 radical (unpaired) electrons. The van der Waals surface area contributed by atoms with E-state index in [0.717, 1.165) is 17.8 Å². The molecule has 4 heteroatoms. The van der Waals surface area contributed by atoms with Gasteiger partial charge in [-0.15, -0.1) is 0 Å². The fourth-order valence-corrected chi connectivity index (χ4v) is 1.63. The van der Waals surface area contributed by atoms with Crippen LogP contribution in [0.25, 0.3) is 0 Å². The van der Waals surface area contributed by atoms with Gasteiger partial charge in [0, 0.05) is 0 Å². The first-order valence-corrected chi connectivity index (χ1v) is 5.07. The molecule has 0 saturated heterocycles. The van der Waals surface area contributed by atoms with E-state index in [1.807, 2.05) is 25.5 Å².